The van der Waals surface area contributed by atoms with Crippen LogP contribution in [-0.2, 0) is 16.6 Å². The maximum absolute atomic E-state index is 12.7. The highest BCUT2D eigenvalue weighted by molar-refractivity contribution is 7.90. The fourth-order valence-electron chi connectivity index (χ4n) is 3.78. The second-order valence-corrected chi connectivity index (χ2v) is 11.1. The number of nitrogens with zero attached hydrogens (tertiary/aromatic N) is 3. The summed E-state index contributed by atoms with van der Waals surface area (Å²) in [4.78, 5) is 0. The monoisotopic (exact) mass is 386 g/mol. The molecule has 2 aromatic heterocycles. The summed E-state index contributed by atoms with van der Waals surface area (Å²) >= 11 is 0. The molecule has 4 rings (SSSR count). The number of sulfonamides is 1. The van der Waals surface area contributed by atoms with Gasteiger partial charge in [0.25, 0.3) is 0 Å². The van der Waals surface area contributed by atoms with Crippen molar-refractivity contribution in [1.82, 2.24) is 19.1 Å². The molecule has 0 saturated carbocycles. The van der Waals surface area contributed by atoms with Crippen LogP contribution in [0.2, 0.25) is 0 Å². The van der Waals surface area contributed by atoms with Gasteiger partial charge in [-0.05, 0) is 56.9 Å². The van der Waals surface area contributed by atoms with E-state index in [-0.39, 0.29) is 0 Å². The summed E-state index contributed by atoms with van der Waals surface area (Å²) < 4.78 is 28.5. The van der Waals surface area contributed by atoms with Gasteiger partial charge in [-0.15, -0.1) is 0 Å². The Morgan fingerprint density at radius 2 is 2.04 bits per heavy atom. The zero-order chi connectivity index (χ0) is 19.2. The standard InChI is InChI=1S/C20H26N4O2S/c1-20(2,3)27(25,26)24-9-6-15(14-24)13-23-8-7-17-10-16(4-5-19(17)23)18-11-21-22-12-18/h4-5,7-8,10-12,15H,6,9,13-14H2,1-3H3,(H,21,22). The number of fused-ring (bicyclic) bond motifs is 1. The molecule has 1 aliphatic heterocycles. The van der Waals surface area contributed by atoms with Crippen molar-refractivity contribution in [1.29, 1.82) is 0 Å². The lowest BCUT2D eigenvalue weighted by molar-refractivity contribution is 0.419. The van der Waals surface area contributed by atoms with Crippen molar-refractivity contribution >= 4 is 20.9 Å². The third-order valence-corrected chi connectivity index (χ3v) is 7.98. The molecule has 1 unspecified atom stereocenters. The van der Waals surface area contributed by atoms with Crippen molar-refractivity contribution in [3.05, 3.63) is 42.9 Å². The van der Waals surface area contributed by atoms with Crippen LogP contribution in [-0.4, -0.2) is 45.3 Å². The highest BCUT2D eigenvalue weighted by atomic mass is 32.2. The van der Waals surface area contributed by atoms with Gasteiger partial charge in [-0.1, -0.05) is 6.07 Å². The Labute approximate surface area is 160 Å². The van der Waals surface area contributed by atoms with Gasteiger partial charge in [0.15, 0.2) is 0 Å². The average Bonchev–Trinajstić information content (AvgIpc) is 3.35. The Hall–Kier alpha value is -2.12. The van der Waals surface area contributed by atoms with E-state index in [9.17, 15) is 8.42 Å². The zero-order valence-electron chi connectivity index (χ0n) is 16.0. The molecule has 1 aliphatic rings. The Kier molecular flexibility index (Phi) is 4.39. The van der Waals surface area contributed by atoms with Crippen molar-refractivity contribution in [3.8, 4) is 11.1 Å². The minimum Gasteiger partial charge on any atom is -0.347 e. The maximum Gasteiger partial charge on any atom is 0.219 e. The molecule has 1 aromatic carbocycles. The summed E-state index contributed by atoms with van der Waals surface area (Å²) in [5.41, 5.74) is 3.39. The molecule has 7 heteroatoms. The molecule has 0 aliphatic carbocycles. The quantitative estimate of drug-likeness (QED) is 0.746. The lowest BCUT2D eigenvalue weighted by atomic mass is 10.1. The van der Waals surface area contributed by atoms with Crippen LogP contribution in [0.1, 0.15) is 27.2 Å². The zero-order valence-corrected chi connectivity index (χ0v) is 16.8. The second kappa shape index (κ2) is 6.49. The van der Waals surface area contributed by atoms with Crippen molar-refractivity contribution in [2.75, 3.05) is 13.1 Å². The van der Waals surface area contributed by atoms with Crippen LogP contribution in [0.15, 0.2) is 42.9 Å². The summed E-state index contributed by atoms with van der Waals surface area (Å²) in [6.07, 6.45) is 6.72. The van der Waals surface area contributed by atoms with Gasteiger partial charge in [0.2, 0.25) is 10.0 Å². The predicted octanol–water partition coefficient (Wildman–Crippen LogP) is 3.48. The topological polar surface area (TPSA) is 71.0 Å². The summed E-state index contributed by atoms with van der Waals surface area (Å²) in [6, 6.07) is 8.53. The van der Waals surface area contributed by atoms with Crippen LogP contribution in [0.3, 0.4) is 0 Å². The normalized spacial score (nSPS) is 19.1. The number of nitrogens with one attached hydrogen (secondary N) is 1. The molecule has 0 radical (unpaired) electrons. The number of aromatic amines is 1. The average molecular weight is 387 g/mol. The molecule has 1 atom stereocenters. The molecule has 0 spiro atoms. The first-order valence-corrected chi connectivity index (χ1v) is 10.8. The number of hydrogen-bond acceptors (Lipinski definition) is 3. The Balaban J connectivity index is 1.52. The number of benzene rings is 1. The van der Waals surface area contributed by atoms with Crippen LogP contribution >= 0.6 is 0 Å². The molecule has 0 amide bonds. The van der Waals surface area contributed by atoms with Gasteiger partial charge < -0.3 is 4.57 Å². The number of hydrogen-bond donors (Lipinski definition) is 1. The molecule has 0 bridgehead atoms. The van der Waals surface area contributed by atoms with Gasteiger partial charge in [-0.3, -0.25) is 5.10 Å². The van der Waals surface area contributed by atoms with Crippen LogP contribution in [0, 0.1) is 5.92 Å². The fourth-order valence-corrected chi connectivity index (χ4v) is 5.31. The first kappa shape index (κ1) is 18.3. The predicted molar refractivity (Wildman–Crippen MR) is 108 cm³/mol. The Bertz CT molecular complexity index is 1050. The summed E-state index contributed by atoms with van der Waals surface area (Å²) in [6.45, 7) is 7.37. The van der Waals surface area contributed by atoms with E-state index in [1.165, 1.54) is 10.9 Å². The molecular weight excluding hydrogens is 360 g/mol. The third-order valence-electron chi connectivity index (χ3n) is 5.42. The second-order valence-electron chi connectivity index (χ2n) is 8.36. The van der Waals surface area contributed by atoms with Crippen molar-refractivity contribution in [2.24, 2.45) is 5.92 Å². The van der Waals surface area contributed by atoms with E-state index in [2.05, 4.69) is 45.2 Å². The number of aromatic nitrogens is 3. The fraction of sp³-hybridized carbons (Fsp3) is 0.450. The van der Waals surface area contributed by atoms with E-state index >= 15 is 0 Å². The summed E-state index contributed by atoms with van der Waals surface area (Å²) in [5, 5.41) is 8.05. The maximum atomic E-state index is 12.7. The molecule has 27 heavy (non-hydrogen) atoms. The Morgan fingerprint density at radius 1 is 1.22 bits per heavy atom. The smallest absolute Gasteiger partial charge is 0.219 e. The van der Waals surface area contributed by atoms with Crippen molar-refractivity contribution in [3.63, 3.8) is 0 Å². The lowest BCUT2D eigenvalue weighted by Gasteiger charge is -2.26. The van der Waals surface area contributed by atoms with Crippen LogP contribution in [0.25, 0.3) is 22.0 Å². The van der Waals surface area contributed by atoms with Gasteiger partial charge in [-0.25, -0.2) is 12.7 Å². The van der Waals surface area contributed by atoms with E-state index in [1.807, 2.05) is 12.4 Å². The molecule has 3 heterocycles. The molecular formula is C20H26N4O2S. The minimum absolute atomic E-state index is 0.339. The van der Waals surface area contributed by atoms with E-state index in [1.54, 1.807) is 25.1 Å². The van der Waals surface area contributed by atoms with Crippen LogP contribution < -0.4 is 0 Å². The van der Waals surface area contributed by atoms with Crippen LogP contribution in [0.4, 0.5) is 0 Å². The SMILES string of the molecule is CC(C)(C)S(=O)(=O)N1CCC(Cn2ccc3cc(-c4cn[nH]c4)ccc32)C1. The number of H-pyrrole nitrogens is 1. The van der Waals surface area contributed by atoms with Crippen LogP contribution in [0.5, 0.6) is 0 Å². The van der Waals surface area contributed by atoms with Crippen molar-refractivity contribution in [2.45, 2.75) is 38.5 Å². The largest absolute Gasteiger partial charge is 0.347 e. The lowest BCUT2D eigenvalue weighted by Crippen LogP contribution is -2.41. The van der Waals surface area contributed by atoms with Gasteiger partial charge in [0.05, 0.1) is 10.9 Å². The summed E-state index contributed by atoms with van der Waals surface area (Å²) in [5.74, 6) is 0.339. The van der Waals surface area contributed by atoms with E-state index < -0.39 is 14.8 Å². The van der Waals surface area contributed by atoms with E-state index in [0.29, 0.717) is 19.0 Å². The molecule has 144 valence electrons. The molecule has 1 saturated heterocycles. The van der Waals surface area contributed by atoms with Gasteiger partial charge in [0.1, 0.15) is 0 Å². The first-order valence-electron chi connectivity index (χ1n) is 9.33. The van der Waals surface area contributed by atoms with Crippen molar-refractivity contribution < 1.29 is 8.42 Å². The summed E-state index contributed by atoms with van der Waals surface area (Å²) in [7, 11) is -3.25. The minimum atomic E-state index is -3.25. The third kappa shape index (κ3) is 3.30. The first-order chi connectivity index (χ1) is 12.8. The number of rotatable bonds is 4. The molecule has 1 N–H and O–H groups in total. The van der Waals surface area contributed by atoms with Gasteiger partial charge >= 0.3 is 0 Å². The van der Waals surface area contributed by atoms with E-state index in [4.69, 9.17) is 0 Å². The van der Waals surface area contributed by atoms with E-state index in [0.717, 1.165) is 24.1 Å². The molecule has 1 fully saturated rings. The molecule has 3 aromatic rings. The van der Waals surface area contributed by atoms with Gasteiger partial charge in [-0.2, -0.15) is 5.10 Å². The highest BCUT2D eigenvalue weighted by Gasteiger charge is 2.39. The van der Waals surface area contributed by atoms with Gasteiger partial charge in [0, 0.05) is 48.5 Å². The Morgan fingerprint density at radius 3 is 2.74 bits per heavy atom. The highest BCUT2D eigenvalue weighted by Crippen LogP contribution is 2.30. The molecule has 6 nitrogen and oxygen atoms in total.